The lowest BCUT2D eigenvalue weighted by Gasteiger charge is -2.08. The van der Waals surface area contributed by atoms with Crippen LogP contribution in [0.3, 0.4) is 0 Å². The number of esters is 1. The van der Waals surface area contributed by atoms with Gasteiger partial charge < -0.3 is 9.47 Å². The van der Waals surface area contributed by atoms with Crippen molar-refractivity contribution < 1.29 is 23.5 Å². The van der Waals surface area contributed by atoms with Crippen molar-refractivity contribution in [1.82, 2.24) is 0 Å². The SMILES string of the molecule is COc1ccc(C(=O)COC(=O)Cc2cccc3ccccc23)cc1F. The molecule has 3 aromatic carbocycles. The highest BCUT2D eigenvalue weighted by Crippen LogP contribution is 2.20. The molecule has 4 nitrogen and oxygen atoms in total. The van der Waals surface area contributed by atoms with Crippen molar-refractivity contribution >= 4 is 22.5 Å². The predicted molar refractivity (Wildman–Crippen MR) is 95.9 cm³/mol. The molecule has 3 rings (SSSR count). The third-order valence-electron chi connectivity index (χ3n) is 4.05. The van der Waals surface area contributed by atoms with Crippen LogP contribution in [0.25, 0.3) is 10.8 Å². The number of hydrogen-bond acceptors (Lipinski definition) is 4. The summed E-state index contributed by atoms with van der Waals surface area (Å²) in [4.78, 5) is 24.2. The minimum absolute atomic E-state index is 0.0505. The Kier molecular flexibility index (Phi) is 5.27. The Bertz CT molecular complexity index is 960. The van der Waals surface area contributed by atoms with Crippen LogP contribution >= 0.6 is 0 Å². The molecule has 0 unspecified atom stereocenters. The number of rotatable bonds is 6. The second kappa shape index (κ2) is 7.78. The summed E-state index contributed by atoms with van der Waals surface area (Å²) in [5.74, 6) is -1.57. The lowest BCUT2D eigenvalue weighted by atomic mass is 10.0. The largest absolute Gasteiger partial charge is 0.494 e. The molecular formula is C21H17FO4. The summed E-state index contributed by atoms with van der Waals surface area (Å²) in [6.45, 7) is -0.435. The highest BCUT2D eigenvalue weighted by Gasteiger charge is 2.14. The summed E-state index contributed by atoms with van der Waals surface area (Å²) in [5, 5.41) is 2.00. The van der Waals surface area contributed by atoms with Crippen LogP contribution in [0.1, 0.15) is 15.9 Å². The van der Waals surface area contributed by atoms with Crippen molar-refractivity contribution in [2.75, 3.05) is 13.7 Å². The van der Waals surface area contributed by atoms with Crippen LogP contribution in [-0.4, -0.2) is 25.5 Å². The average Bonchev–Trinajstić information content (AvgIpc) is 2.66. The van der Waals surface area contributed by atoms with Gasteiger partial charge in [0.1, 0.15) is 0 Å². The zero-order valence-electron chi connectivity index (χ0n) is 14.2. The fourth-order valence-corrected chi connectivity index (χ4v) is 2.72. The molecule has 0 aromatic heterocycles. The Labute approximate surface area is 150 Å². The molecule has 0 saturated carbocycles. The smallest absolute Gasteiger partial charge is 0.310 e. The number of Topliss-reactive ketones (excluding diaryl/α,β-unsaturated/α-hetero) is 1. The van der Waals surface area contributed by atoms with Crippen molar-refractivity contribution in [3.8, 4) is 5.75 Å². The van der Waals surface area contributed by atoms with Crippen molar-refractivity contribution in [2.45, 2.75) is 6.42 Å². The van der Waals surface area contributed by atoms with E-state index in [2.05, 4.69) is 0 Å². The molecule has 132 valence electrons. The van der Waals surface area contributed by atoms with Crippen molar-refractivity contribution in [2.24, 2.45) is 0 Å². The van der Waals surface area contributed by atoms with Gasteiger partial charge in [-0.2, -0.15) is 0 Å². The van der Waals surface area contributed by atoms with Crippen molar-refractivity contribution in [1.29, 1.82) is 0 Å². The van der Waals surface area contributed by atoms with E-state index in [0.717, 1.165) is 22.4 Å². The van der Waals surface area contributed by atoms with Crippen LogP contribution in [0.2, 0.25) is 0 Å². The average molecular weight is 352 g/mol. The molecule has 0 atom stereocenters. The van der Waals surface area contributed by atoms with Gasteiger partial charge >= 0.3 is 5.97 Å². The molecule has 26 heavy (non-hydrogen) atoms. The van der Waals surface area contributed by atoms with E-state index in [4.69, 9.17) is 9.47 Å². The van der Waals surface area contributed by atoms with Gasteiger partial charge in [0.15, 0.2) is 24.0 Å². The first-order valence-electron chi connectivity index (χ1n) is 8.07. The van der Waals surface area contributed by atoms with Gasteiger partial charge in [-0.3, -0.25) is 9.59 Å². The summed E-state index contributed by atoms with van der Waals surface area (Å²) in [7, 11) is 1.34. The second-order valence-corrected chi connectivity index (χ2v) is 5.75. The molecule has 5 heteroatoms. The number of carbonyl (C=O) groups is 2. The summed E-state index contributed by atoms with van der Waals surface area (Å²) in [5.41, 5.74) is 0.956. The summed E-state index contributed by atoms with van der Waals surface area (Å²) >= 11 is 0. The monoisotopic (exact) mass is 352 g/mol. The van der Waals surface area contributed by atoms with Crippen molar-refractivity contribution in [3.05, 3.63) is 77.6 Å². The van der Waals surface area contributed by atoms with E-state index in [1.807, 2.05) is 42.5 Å². The van der Waals surface area contributed by atoms with E-state index >= 15 is 0 Å². The lowest BCUT2D eigenvalue weighted by molar-refractivity contribution is -0.141. The van der Waals surface area contributed by atoms with Crippen LogP contribution in [0.5, 0.6) is 5.75 Å². The lowest BCUT2D eigenvalue weighted by Crippen LogP contribution is -2.16. The second-order valence-electron chi connectivity index (χ2n) is 5.75. The maximum absolute atomic E-state index is 13.7. The predicted octanol–water partition coefficient (Wildman–Crippen LogP) is 3.96. The number of methoxy groups -OCH3 is 1. The van der Waals surface area contributed by atoms with Gasteiger partial charge in [0.2, 0.25) is 0 Å². The van der Waals surface area contributed by atoms with Gasteiger partial charge in [0.25, 0.3) is 0 Å². The van der Waals surface area contributed by atoms with Crippen LogP contribution in [0.4, 0.5) is 4.39 Å². The zero-order chi connectivity index (χ0) is 18.5. The number of ether oxygens (including phenoxy) is 2. The van der Waals surface area contributed by atoms with E-state index < -0.39 is 24.2 Å². The number of ketones is 1. The standard InChI is InChI=1S/C21H17FO4/c1-25-20-10-9-16(11-18(20)22)19(23)13-26-21(24)12-15-7-4-6-14-5-2-3-8-17(14)15/h2-11H,12-13H2,1H3. The molecule has 0 fully saturated rings. The molecule has 0 heterocycles. The molecule has 0 N–H and O–H groups in total. The fourth-order valence-electron chi connectivity index (χ4n) is 2.72. The molecular weight excluding hydrogens is 335 g/mol. The van der Waals surface area contributed by atoms with Gasteiger partial charge in [-0.25, -0.2) is 4.39 Å². The maximum atomic E-state index is 13.7. The molecule has 0 aliphatic rings. The number of hydrogen-bond donors (Lipinski definition) is 0. The summed E-state index contributed by atoms with van der Waals surface area (Å²) in [6, 6.07) is 17.3. The molecule has 0 spiro atoms. The Balaban J connectivity index is 1.63. The zero-order valence-corrected chi connectivity index (χ0v) is 14.2. The van der Waals surface area contributed by atoms with Gasteiger partial charge in [0.05, 0.1) is 13.5 Å². The van der Waals surface area contributed by atoms with Crippen LogP contribution in [0.15, 0.2) is 60.7 Å². The van der Waals surface area contributed by atoms with Gasteiger partial charge in [-0.1, -0.05) is 42.5 Å². The van der Waals surface area contributed by atoms with Crippen LogP contribution in [0, 0.1) is 5.82 Å². The topological polar surface area (TPSA) is 52.6 Å². The quantitative estimate of drug-likeness (QED) is 0.498. The van der Waals surface area contributed by atoms with Gasteiger partial charge in [0, 0.05) is 5.56 Å². The third-order valence-corrected chi connectivity index (χ3v) is 4.05. The Morgan fingerprint density at radius 2 is 1.77 bits per heavy atom. The summed E-state index contributed by atoms with van der Waals surface area (Å²) in [6.07, 6.45) is 0.0611. The Hall–Kier alpha value is -3.21. The first kappa shape index (κ1) is 17.6. The van der Waals surface area contributed by atoms with Crippen LogP contribution in [-0.2, 0) is 16.0 Å². The molecule has 0 aliphatic heterocycles. The van der Waals surface area contributed by atoms with Gasteiger partial charge in [-0.05, 0) is 34.5 Å². The number of fused-ring (bicyclic) bond motifs is 1. The molecule has 0 radical (unpaired) electrons. The van der Waals surface area contributed by atoms with E-state index in [9.17, 15) is 14.0 Å². The molecule has 0 amide bonds. The molecule has 3 aromatic rings. The van der Waals surface area contributed by atoms with Crippen molar-refractivity contribution in [3.63, 3.8) is 0 Å². The first-order valence-corrected chi connectivity index (χ1v) is 8.07. The Morgan fingerprint density at radius 1 is 1.00 bits per heavy atom. The fraction of sp³-hybridized carbons (Fsp3) is 0.143. The number of halogens is 1. The number of benzene rings is 3. The number of carbonyl (C=O) groups excluding carboxylic acids is 2. The normalized spacial score (nSPS) is 10.5. The third kappa shape index (κ3) is 3.88. The van der Waals surface area contributed by atoms with E-state index in [0.29, 0.717) is 0 Å². The molecule has 0 aliphatic carbocycles. The minimum atomic E-state index is -0.638. The first-order chi connectivity index (χ1) is 12.6. The highest BCUT2D eigenvalue weighted by atomic mass is 19.1. The van der Waals surface area contributed by atoms with E-state index in [1.54, 1.807) is 0 Å². The van der Waals surface area contributed by atoms with E-state index in [-0.39, 0.29) is 17.7 Å². The summed E-state index contributed by atoms with van der Waals surface area (Å²) < 4.78 is 23.5. The van der Waals surface area contributed by atoms with Gasteiger partial charge in [-0.15, -0.1) is 0 Å². The van der Waals surface area contributed by atoms with E-state index in [1.165, 1.54) is 19.2 Å². The van der Waals surface area contributed by atoms with Crippen LogP contribution < -0.4 is 4.74 Å². The minimum Gasteiger partial charge on any atom is -0.494 e. The Morgan fingerprint density at radius 3 is 2.54 bits per heavy atom. The molecule has 0 saturated heterocycles. The maximum Gasteiger partial charge on any atom is 0.310 e. The molecule has 0 bridgehead atoms. The highest BCUT2D eigenvalue weighted by molar-refractivity contribution is 5.98.